The fourth-order valence-electron chi connectivity index (χ4n) is 3.35. The molecule has 3 N–H and O–H groups in total. The molecule has 0 spiro atoms. The summed E-state index contributed by atoms with van der Waals surface area (Å²) in [6.07, 6.45) is 1.04. The second-order valence-electron chi connectivity index (χ2n) is 7.18. The van der Waals surface area contributed by atoms with Gasteiger partial charge in [0.25, 0.3) is 0 Å². The maximum Gasteiger partial charge on any atom is 0.171 e. The van der Waals surface area contributed by atoms with Gasteiger partial charge in [0.2, 0.25) is 0 Å². The lowest BCUT2D eigenvalue weighted by atomic mass is 10.0. The number of benzene rings is 2. The molecule has 0 amide bonds. The Labute approximate surface area is 167 Å². The summed E-state index contributed by atoms with van der Waals surface area (Å²) in [7, 11) is 0. The van der Waals surface area contributed by atoms with Crippen molar-refractivity contribution in [3.8, 4) is 0 Å². The Morgan fingerprint density at radius 2 is 1.74 bits per heavy atom. The van der Waals surface area contributed by atoms with Gasteiger partial charge in [-0.25, -0.2) is 0 Å². The highest BCUT2D eigenvalue weighted by Gasteiger charge is 2.22. The summed E-state index contributed by atoms with van der Waals surface area (Å²) in [6.45, 7) is 9.03. The summed E-state index contributed by atoms with van der Waals surface area (Å²) in [5, 5.41) is 7.53. The number of thiocarbonyl (C=S) groups is 1. The van der Waals surface area contributed by atoms with Crippen molar-refractivity contribution in [1.82, 2.24) is 5.32 Å². The summed E-state index contributed by atoms with van der Waals surface area (Å²) in [4.78, 5) is 1.55. The van der Waals surface area contributed by atoms with E-state index in [-0.39, 0.29) is 6.04 Å². The first-order valence-corrected chi connectivity index (χ1v) is 10.2. The molecule has 2 aromatic rings. The largest absolute Gasteiger partial charge is 0.370 e. The summed E-state index contributed by atoms with van der Waals surface area (Å²) in [5.41, 5.74) is 4.89. The van der Waals surface area contributed by atoms with Crippen LogP contribution in [0.4, 0.5) is 5.69 Å². The molecule has 0 aliphatic carbocycles. The van der Waals surface area contributed by atoms with Gasteiger partial charge in [0.05, 0.1) is 13.2 Å². The average molecular weight is 385 g/mol. The van der Waals surface area contributed by atoms with Crippen LogP contribution in [-0.2, 0) is 11.2 Å². The molecule has 0 saturated carbocycles. The van der Waals surface area contributed by atoms with E-state index in [1.165, 1.54) is 16.7 Å². The molecule has 144 valence electrons. The maximum atomic E-state index is 5.61. The van der Waals surface area contributed by atoms with Crippen LogP contribution in [0.1, 0.15) is 29.7 Å². The monoisotopic (exact) mass is 384 g/mol. The Morgan fingerprint density at radius 3 is 2.37 bits per heavy atom. The molecule has 1 aliphatic rings. The normalized spacial score (nSPS) is 15.9. The quantitative estimate of drug-likeness (QED) is 0.669. The lowest BCUT2D eigenvalue weighted by Crippen LogP contribution is -3.14. The predicted octanol–water partition coefficient (Wildman–Crippen LogP) is 2.50. The third-order valence-electron chi connectivity index (χ3n) is 5.10. The van der Waals surface area contributed by atoms with Crippen LogP contribution in [0.2, 0.25) is 0 Å². The zero-order valence-electron chi connectivity index (χ0n) is 16.3. The Bertz CT molecular complexity index is 724. The minimum Gasteiger partial charge on any atom is -0.370 e. The van der Waals surface area contributed by atoms with Crippen molar-refractivity contribution >= 4 is 23.0 Å². The van der Waals surface area contributed by atoms with E-state index in [2.05, 4.69) is 73.0 Å². The van der Waals surface area contributed by atoms with E-state index < -0.39 is 0 Å². The van der Waals surface area contributed by atoms with Gasteiger partial charge in [0.1, 0.15) is 25.7 Å². The van der Waals surface area contributed by atoms with Crippen molar-refractivity contribution < 1.29 is 9.64 Å². The van der Waals surface area contributed by atoms with Crippen molar-refractivity contribution in [3.63, 3.8) is 0 Å². The van der Waals surface area contributed by atoms with Gasteiger partial charge in [-0.1, -0.05) is 48.9 Å². The number of nitrogens with one attached hydrogen (secondary N) is 3. The van der Waals surface area contributed by atoms with E-state index in [0.717, 1.165) is 45.0 Å². The molecule has 3 rings (SSSR count). The van der Waals surface area contributed by atoms with Crippen LogP contribution in [0, 0.1) is 6.92 Å². The van der Waals surface area contributed by atoms with Crippen LogP contribution in [-0.4, -0.2) is 38.0 Å². The number of hydrogen-bond donors (Lipinski definition) is 3. The van der Waals surface area contributed by atoms with Gasteiger partial charge in [0, 0.05) is 5.69 Å². The molecule has 1 atom stereocenters. The fourth-order valence-corrected chi connectivity index (χ4v) is 3.61. The first kappa shape index (κ1) is 19.8. The predicted molar refractivity (Wildman–Crippen MR) is 115 cm³/mol. The van der Waals surface area contributed by atoms with E-state index in [0.29, 0.717) is 5.11 Å². The van der Waals surface area contributed by atoms with Crippen LogP contribution < -0.4 is 15.5 Å². The van der Waals surface area contributed by atoms with Gasteiger partial charge in [-0.15, -0.1) is 0 Å². The zero-order valence-corrected chi connectivity index (χ0v) is 17.1. The minimum atomic E-state index is 0.175. The maximum absolute atomic E-state index is 5.61. The molecule has 0 bridgehead atoms. The van der Waals surface area contributed by atoms with E-state index in [1.807, 2.05) is 0 Å². The van der Waals surface area contributed by atoms with Crippen LogP contribution >= 0.6 is 12.2 Å². The first-order chi connectivity index (χ1) is 13.1. The molecular formula is C22H30N3OS+. The van der Waals surface area contributed by atoms with Gasteiger partial charge in [0.15, 0.2) is 5.11 Å². The highest BCUT2D eigenvalue weighted by atomic mass is 32.1. The van der Waals surface area contributed by atoms with E-state index >= 15 is 0 Å². The molecule has 1 aliphatic heterocycles. The van der Waals surface area contributed by atoms with Crippen molar-refractivity contribution in [2.24, 2.45) is 0 Å². The number of rotatable bonds is 6. The highest BCUT2D eigenvalue weighted by Crippen LogP contribution is 2.14. The van der Waals surface area contributed by atoms with Crippen molar-refractivity contribution in [3.05, 3.63) is 65.2 Å². The summed E-state index contributed by atoms with van der Waals surface area (Å²) in [5.74, 6) is 0. The molecule has 27 heavy (non-hydrogen) atoms. The van der Waals surface area contributed by atoms with Crippen molar-refractivity contribution in [1.29, 1.82) is 0 Å². The molecule has 0 radical (unpaired) electrons. The Morgan fingerprint density at radius 1 is 1.07 bits per heavy atom. The third kappa shape index (κ3) is 6.03. The van der Waals surface area contributed by atoms with Crippen molar-refractivity contribution in [2.45, 2.75) is 26.3 Å². The van der Waals surface area contributed by atoms with Crippen LogP contribution in [0.3, 0.4) is 0 Å². The van der Waals surface area contributed by atoms with Gasteiger partial charge in [-0.05, 0) is 48.8 Å². The molecule has 0 aromatic heterocycles. The van der Waals surface area contributed by atoms with Gasteiger partial charge in [-0.3, -0.25) is 0 Å². The molecule has 0 unspecified atom stereocenters. The summed E-state index contributed by atoms with van der Waals surface area (Å²) >= 11 is 5.61. The molecule has 4 nitrogen and oxygen atoms in total. The summed E-state index contributed by atoms with van der Waals surface area (Å²) in [6, 6.07) is 17.4. The first-order valence-electron chi connectivity index (χ1n) is 9.78. The minimum absolute atomic E-state index is 0.175. The Balaban J connectivity index is 1.67. The number of anilines is 1. The Kier molecular flexibility index (Phi) is 7.21. The molecule has 1 saturated heterocycles. The molecule has 1 fully saturated rings. The molecule has 2 aromatic carbocycles. The lowest BCUT2D eigenvalue weighted by Gasteiger charge is -2.29. The van der Waals surface area contributed by atoms with E-state index in [1.54, 1.807) is 4.90 Å². The van der Waals surface area contributed by atoms with Crippen LogP contribution in [0.25, 0.3) is 0 Å². The second-order valence-corrected chi connectivity index (χ2v) is 7.59. The van der Waals surface area contributed by atoms with Gasteiger partial charge < -0.3 is 20.3 Å². The zero-order chi connectivity index (χ0) is 19.1. The SMILES string of the molecule is CCc1ccc(NC(=S)N[C@H](C[NH+]2CCOCC2)c2ccc(C)cc2)cc1. The van der Waals surface area contributed by atoms with Crippen molar-refractivity contribution in [2.75, 3.05) is 38.2 Å². The molecular weight excluding hydrogens is 354 g/mol. The summed E-state index contributed by atoms with van der Waals surface area (Å²) < 4.78 is 5.50. The van der Waals surface area contributed by atoms with Gasteiger partial charge in [-0.2, -0.15) is 0 Å². The number of hydrogen-bond acceptors (Lipinski definition) is 2. The van der Waals surface area contributed by atoms with Gasteiger partial charge >= 0.3 is 0 Å². The van der Waals surface area contributed by atoms with E-state index in [4.69, 9.17) is 17.0 Å². The lowest BCUT2D eigenvalue weighted by molar-refractivity contribution is -0.909. The highest BCUT2D eigenvalue weighted by molar-refractivity contribution is 7.80. The second kappa shape index (κ2) is 9.83. The van der Waals surface area contributed by atoms with E-state index in [9.17, 15) is 0 Å². The standard InChI is InChI=1S/C22H29N3OS/c1-3-18-6-10-20(11-7-18)23-22(27)24-21(16-25-12-14-26-15-13-25)19-8-4-17(2)5-9-19/h4-11,21H,3,12-16H2,1-2H3,(H2,23,24,27)/p+1/t21-/m1/s1. The van der Waals surface area contributed by atoms with Crippen LogP contribution in [0.15, 0.2) is 48.5 Å². The molecule has 1 heterocycles. The smallest absolute Gasteiger partial charge is 0.171 e. The van der Waals surface area contributed by atoms with Crippen LogP contribution in [0.5, 0.6) is 0 Å². The number of quaternary nitrogens is 1. The third-order valence-corrected chi connectivity index (χ3v) is 5.32. The fraction of sp³-hybridized carbons (Fsp3) is 0.409. The number of aryl methyl sites for hydroxylation is 2. The topological polar surface area (TPSA) is 37.7 Å². The number of ether oxygens (including phenoxy) is 1. The average Bonchev–Trinajstić information content (AvgIpc) is 2.69. The molecule has 5 heteroatoms. The Hall–Kier alpha value is -1.95. The number of morpholine rings is 1.